The molecule has 9 heteroatoms. The largest absolute Gasteiger partial charge is 0.494 e. The van der Waals surface area contributed by atoms with Crippen molar-refractivity contribution in [3.05, 3.63) is 64.6 Å². The van der Waals surface area contributed by atoms with Crippen molar-refractivity contribution in [2.45, 2.75) is 51.5 Å². The van der Waals surface area contributed by atoms with E-state index < -0.39 is 11.9 Å². The van der Waals surface area contributed by atoms with E-state index in [9.17, 15) is 19.2 Å². The molecule has 9 nitrogen and oxygen atoms in total. The summed E-state index contributed by atoms with van der Waals surface area (Å²) < 4.78 is 6.94. The number of fused-ring (bicyclic) bond motifs is 1. The lowest BCUT2D eigenvalue weighted by atomic mass is 10.0. The fourth-order valence-electron chi connectivity index (χ4n) is 4.14. The van der Waals surface area contributed by atoms with Gasteiger partial charge in [0.2, 0.25) is 11.8 Å². The number of hydrogen-bond acceptors (Lipinski definition) is 6. The standard InChI is InChI=1S/C26H28N4O5/c1-17(31)28-20-7-9-21(10-8-20)35-14-4-2-3-5-18-6-11-22-19(15-18)16-27-30(26(22)34)23-12-13-24(32)29-25(23)33/h6-11,15-16,23H,2-5,12-14H2,1H3,(H,28,31)(H,29,32,33). The highest BCUT2D eigenvalue weighted by atomic mass is 16.5. The summed E-state index contributed by atoms with van der Waals surface area (Å²) in [6.45, 7) is 2.08. The molecular formula is C26H28N4O5. The number of unbranched alkanes of at least 4 members (excludes halogenated alkanes) is 2. The van der Waals surface area contributed by atoms with Crippen molar-refractivity contribution in [3.8, 4) is 5.75 Å². The number of aromatic nitrogens is 2. The molecule has 3 aromatic rings. The molecule has 1 unspecified atom stereocenters. The van der Waals surface area contributed by atoms with E-state index in [0.29, 0.717) is 12.0 Å². The van der Waals surface area contributed by atoms with Gasteiger partial charge in [0.25, 0.3) is 11.5 Å². The van der Waals surface area contributed by atoms with Crippen LogP contribution in [-0.2, 0) is 20.8 Å². The molecule has 2 N–H and O–H groups in total. The fourth-order valence-corrected chi connectivity index (χ4v) is 4.14. The summed E-state index contributed by atoms with van der Waals surface area (Å²) in [5, 5.41) is 10.4. The molecule has 182 valence electrons. The zero-order valence-electron chi connectivity index (χ0n) is 19.6. The first-order chi connectivity index (χ1) is 16.9. The second-order valence-electron chi connectivity index (χ2n) is 8.65. The van der Waals surface area contributed by atoms with E-state index in [2.05, 4.69) is 15.7 Å². The molecule has 4 rings (SSSR count). The first-order valence-corrected chi connectivity index (χ1v) is 11.8. The molecule has 0 spiro atoms. The summed E-state index contributed by atoms with van der Waals surface area (Å²) in [6, 6.07) is 12.2. The average Bonchev–Trinajstić information content (AvgIpc) is 2.83. The Kier molecular flexibility index (Phi) is 7.54. The van der Waals surface area contributed by atoms with Gasteiger partial charge in [-0.1, -0.05) is 6.07 Å². The quantitative estimate of drug-likeness (QED) is 0.362. The second-order valence-corrected chi connectivity index (χ2v) is 8.65. The van der Waals surface area contributed by atoms with Crippen LogP contribution in [0.1, 0.15) is 50.6 Å². The van der Waals surface area contributed by atoms with Gasteiger partial charge < -0.3 is 10.1 Å². The van der Waals surface area contributed by atoms with E-state index in [1.165, 1.54) is 11.6 Å². The summed E-state index contributed by atoms with van der Waals surface area (Å²) in [5.41, 5.74) is 1.53. The first kappa shape index (κ1) is 24.1. The van der Waals surface area contributed by atoms with Crippen LogP contribution in [0.3, 0.4) is 0 Å². The Morgan fingerprint density at radius 3 is 2.66 bits per heavy atom. The van der Waals surface area contributed by atoms with Gasteiger partial charge in [-0.05, 0) is 74.1 Å². The maximum Gasteiger partial charge on any atom is 0.275 e. The molecule has 1 saturated heterocycles. The number of benzene rings is 2. The molecule has 0 bridgehead atoms. The average molecular weight is 477 g/mol. The Bertz CT molecular complexity index is 1300. The molecular weight excluding hydrogens is 448 g/mol. The molecule has 1 fully saturated rings. The Morgan fingerprint density at radius 1 is 1.11 bits per heavy atom. The maximum absolute atomic E-state index is 12.9. The van der Waals surface area contributed by atoms with E-state index in [1.54, 1.807) is 12.3 Å². The van der Waals surface area contributed by atoms with E-state index >= 15 is 0 Å². The lowest BCUT2D eigenvalue weighted by Gasteiger charge is -2.21. The van der Waals surface area contributed by atoms with Crippen LogP contribution in [0.5, 0.6) is 5.75 Å². The number of anilines is 1. The topological polar surface area (TPSA) is 119 Å². The van der Waals surface area contributed by atoms with Gasteiger partial charge in [0, 0.05) is 24.4 Å². The number of nitrogens with one attached hydrogen (secondary N) is 2. The molecule has 2 heterocycles. The number of rotatable bonds is 9. The van der Waals surface area contributed by atoms with Crippen LogP contribution in [0.4, 0.5) is 5.69 Å². The predicted molar refractivity (Wildman–Crippen MR) is 131 cm³/mol. The highest BCUT2D eigenvalue weighted by Gasteiger charge is 2.29. The first-order valence-electron chi connectivity index (χ1n) is 11.8. The number of hydrogen-bond donors (Lipinski definition) is 2. The number of carbonyl (C=O) groups is 3. The molecule has 1 aliphatic rings. The third kappa shape index (κ3) is 6.11. The van der Waals surface area contributed by atoms with Gasteiger partial charge in [-0.2, -0.15) is 5.10 Å². The lowest BCUT2D eigenvalue weighted by Crippen LogP contribution is -2.45. The minimum Gasteiger partial charge on any atom is -0.494 e. The molecule has 1 atom stereocenters. The fraction of sp³-hybridized carbons (Fsp3) is 0.346. The maximum atomic E-state index is 12.9. The SMILES string of the molecule is CC(=O)Nc1ccc(OCCCCCc2ccc3c(=O)n(C4CCC(=O)NC4=O)ncc3c2)cc1. The van der Waals surface area contributed by atoms with Crippen LogP contribution < -0.4 is 20.9 Å². The van der Waals surface area contributed by atoms with Crippen molar-refractivity contribution in [2.24, 2.45) is 0 Å². The number of ether oxygens (including phenoxy) is 1. The Balaban J connectivity index is 1.26. The van der Waals surface area contributed by atoms with Crippen LogP contribution >= 0.6 is 0 Å². The van der Waals surface area contributed by atoms with Gasteiger partial charge in [0.15, 0.2) is 0 Å². The second kappa shape index (κ2) is 10.9. The van der Waals surface area contributed by atoms with Crippen LogP contribution in [0, 0.1) is 0 Å². The molecule has 1 aromatic heterocycles. The van der Waals surface area contributed by atoms with E-state index in [1.807, 2.05) is 36.4 Å². The van der Waals surface area contributed by atoms with Gasteiger partial charge in [0.1, 0.15) is 11.8 Å². The summed E-state index contributed by atoms with van der Waals surface area (Å²) in [5.74, 6) is -0.152. The monoisotopic (exact) mass is 476 g/mol. The highest BCUT2D eigenvalue weighted by molar-refractivity contribution is 5.99. The summed E-state index contributed by atoms with van der Waals surface area (Å²) >= 11 is 0. The van der Waals surface area contributed by atoms with Gasteiger partial charge in [-0.25, -0.2) is 4.68 Å². The summed E-state index contributed by atoms with van der Waals surface area (Å²) in [6.07, 6.45) is 5.84. The summed E-state index contributed by atoms with van der Waals surface area (Å²) in [7, 11) is 0. The van der Waals surface area contributed by atoms with E-state index in [0.717, 1.165) is 48.1 Å². The predicted octanol–water partition coefficient (Wildman–Crippen LogP) is 3.12. The third-order valence-corrected chi connectivity index (χ3v) is 5.93. The van der Waals surface area contributed by atoms with Crippen molar-refractivity contribution in [1.82, 2.24) is 15.1 Å². The minimum atomic E-state index is -0.762. The third-order valence-electron chi connectivity index (χ3n) is 5.93. The molecule has 2 aromatic carbocycles. The van der Waals surface area contributed by atoms with Crippen LogP contribution in [0.15, 0.2) is 53.5 Å². The molecule has 0 saturated carbocycles. The van der Waals surface area contributed by atoms with Crippen molar-refractivity contribution >= 4 is 34.2 Å². The van der Waals surface area contributed by atoms with Gasteiger partial charge in [0.05, 0.1) is 18.2 Å². The molecule has 3 amide bonds. The lowest BCUT2D eigenvalue weighted by molar-refractivity contribution is -0.136. The van der Waals surface area contributed by atoms with E-state index in [4.69, 9.17) is 4.74 Å². The molecule has 0 radical (unpaired) electrons. The Morgan fingerprint density at radius 2 is 1.91 bits per heavy atom. The smallest absolute Gasteiger partial charge is 0.275 e. The Labute approximate surface area is 202 Å². The highest BCUT2D eigenvalue weighted by Crippen LogP contribution is 2.19. The number of piperidine rings is 1. The summed E-state index contributed by atoms with van der Waals surface area (Å²) in [4.78, 5) is 47.4. The van der Waals surface area contributed by atoms with Crippen molar-refractivity contribution in [2.75, 3.05) is 11.9 Å². The van der Waals surface area contributed by atoms with Gasteiger partial charge >= 0.3 is 0 Å². The molecule has 35 heavy (non-hydrogen) atoms. The number of carbonyl (C=O) groups excluding carboxylic acids is 3. The van der Waals surface area contributed by atoms with Gasteiger partial charge in [-0.15, -0.1) is 0 Å². The van der Waals surface area contributed by atoms with E-state index in [-0.39, 0.29) is 30.2 Å². The number of amides is 3. The zero-order valence-corrected chi connectivity index (χ0v) is 19.6. The zero-order chi connectivity index (χ0) is 24.8. The number of nitrogens with zero attached hydrogens (tertiary/aromatic N) is 2. The number of imide groups is 1. The number of aryl methyl sites for hydroxylation is 1. The molecule has 0 aliphatic carbocycles. The van der Waals surface area contributed by atoms with Crippen molar-refractivity contribution in [3.63, 3.8) is 0 Å². The van der Waals surface area contributed by atoms with Crippen molar-refractivity contribution in [1.29, 1.82) is 0 Å². The normalized spacial score (nSPS) is 15.6. The minimum absolute atomic E-state index is 0.106. The molecule has 1 aliphatic heterocycles. The van der Waals surface area contributed by atoms with Crippen LogP contribution in [0.2, 0.25) is 0 Å². The van der Waals surface area contributed by atoms with Crippen LogP contribution in [-0.4, -0.2) is 34.1 Å². The Hall–Kier alpha value is -4.01. The van der Waals surface area contributed by atoms with Gasteiger partial charge in [-0.3, -0.25) is 24.5 Å². The van der Waals surface area contributed by atoms with Crippen LogP contribution in [0.25, 0.3) is 10.8 Å². The van der Waals surface area contributed by atoms with Crippen molar-refractivity contribution < 1.29 is 19.1 Å².